The standard InChI is InChI=1S/C9H8ClN5O2S/c10-7-4(2-16)8(13-3-12-7)18-9-14-5(11)1-6(17)15-9/h1,3,16H,2H2,(H3,11,14,15,17). The predicted octanol–water partition coefficient (Wildman–Crippen LogP) is 0.439. The average Bonchev–Trinajstić information content (AvgIpc) is 2.27. The molecule has 0 bridgehead atoms. The lowest BCUT2D eigenvalue weighted by Gasteiger charge is -2.06. The molecular weight excluding hydrogens is 278 g/mol. The Hall–Kier alpha value is -1.64. The molecule has 2 aromatic rings. The summed E-state index contributed by atoms with van der Waals surface area (Å²) in [4.78, 5) is 25.4. The number of nitrogens with two attached hydrogens (primary N) is 1. The van der Waals surface area contributed by atoms with Crippen LogP contribution in [0.3, 0.4) is 0 Å². The van der Waals surface area contributed by atoms with E-state index in [-0.39, 0.29) is 28.3 Å². The van der Waals surface area contributed by atoms with E-state index in [1.165, 1.54) is 12.4 Å². The average molecular weight is 286 g/mol. The van der Waals surface area contributed by atoms with Gasteiger partial charge in [-0.1, -0.05) is 11.6 Å². The van der Waals surface area contributed by atoms with Gasteiger partial charge in [0.25, 0.3) is 5.56 Å². The van der Waals surface area contributed by atoms with Crippen molar-refractivity contribution in [2.24, 2.45) is 0 Å². The summed E-state index contributed by atoms with van der Waals surface area (Å²) in [6, 6.07) is 1.17. The monoisotopic (exact) mass is 285 g/mol. The molecule has 0 unspecified atom stereocenters. The quantitative estimate of drug-likeness (QED) is 0.553. The van der Waals surface area contributed by atoms with Crippen LogP contribution in [0.1, 0.15) is 5.56 Å². The SMILES string of the molecule is Nc1cc(=O)[nH]c(Sc2ncnc(Cl)c2CO)n1. The maximum Gasteiger partial charge on any atom is 0.253 e. The Labute approximate surface area is 110 Å². The van der Waals surface area contributed by atoms with Crippen molar-refractivity contribution in [2.75, 3.05) is 5.73 Å². The summed E-state index contributed by atoms with van der Waals surface area (Å²) in [5, 5.41) is 10.0. The summed E-state index contributed by atoms with van der Waals surface area (Å²) in [6.45, 7) is -0.311. The van der Waals surface area contributed by atoms with Gasteiger partial charge in [0.1, 0.15) is 22.3 Å². The number of H-pyrrole nitrogens is 1. The fourth-order valence-electron chi connectivity index (χ4n) is 1.19. The lowest BCUT2D eigenvalue weighted by Crippen LogP contribution is -2.09. The van der Waals surface area contributed by atoms with Crippen LogP contribution >= 0.6 is 23.4 Å². The molecule has 2 heterocycles. The maximum atomic E-state index is 11.2. The minimum atomic E-state index is -0.365. The van der Waals surface area contributed by atoms with E-state index in [4.69, 9.17) is 17.3 Å². The summed E-state index contributed by atoms with van der Waals surface area (Å²) >= 11 is 6.86. The van der Waals surface area contributed by atoms with Crippen molar-refractivity contribution < 1.29 is 5.11 Å². The fourth-order valence-corrected chi connectivity index (χ4v) is 2.31. The number of halogens is 1. The zero-order valence-corrected chi connectivity index (χ0v) is 10.5. The number of hydrogen-bond donors (Lipinski definition) is 3. The largest absolute Gasteiger partial charge is 0.391 e. The van der Waals surface area contributed by atoms with Crippen LogP contribution in [0.15, 0.2) is 27.4 Å². The molecule has 0 radical (unpaired) electrons. The number of hydrogen-bond acceptors (Lipinski definition) is 7. The molecule has 0 aromatic carbocycles. The smallest absolute Gasteiger partial charge is 0.253 e. The number of aliphatic hydroxyl groups is 1. The number of anilines is 1. The van der Waals surface area contributed by atoms with Gasteiger partial charge in [0.2, 0.25) is 0 Å². The van der Waals surface area contributed by atoms with Gasteiger partial charge >= 0.3 is 0 Å². The number of aromatic nitrogens is 4. The molecular formula is C9H8ClN5O2S. The van der Waals surface area contributed by atoms with E-state index in [0.717, 1.165) is 11.8 Å². The van der Waals surface area contributed by atoms with Crippen molar-refractivity contribution in [3.8, 4) is 0 Å². The molecule has 0 aliphatic rings. The van der Waals surface area contributed by atoms with Crippen LogP contribution in [-0.2, 0) is 6.61 Å². The Balaban J connectivity index is 2.39. The van der Waals surface area contributed by atoms with Crippen LogP contribution < -0.4 is 11.3 Å². The van der Waals surface area contributed by atoms with Crippen LogP contribution in [0.5, 0.6) is 0 Å². The minimum Gasteiger partial charge on any atom is -0.391 e. The zero-order chi connectivity index (χ0) is 13.1. The Bertz CT molecular complexity index is 633. The van der Waals surface area contributed by atoms with Gasteiger partial charge in [-0.05, 0) is 11.8 Å². The second-order valence-electron chi connectivity index (χ2n) is 3.18. The third kappa shape index (κ3) is 2.78. The molecule has 0 fully saturated rings. The molecule has 0 atom stereocenters. The molecule has 18 heavy (non-hydrogen) atoms. The first-order valence-corrected chi connectivity index (χ1v) is 5.94. The Kier molecular flexibility index (Phi) is 3.80. The summed E-state index contributed by atoms with van der Waals surface area (Å²) < 4.78 is 0. The lowest BCUT2D eigenvalue weighted by molar-refractivity contribution is 0.277. The molecule has 0 saturated heterocycles. The van der Waals surface area contributed by atoms with Gasteiger partial charge in [0.05, 0.1) is 6.61 Å². The van der Waals surface area contributed by atoms with Gasteiger partial charge in [0.15, 0.2) is 5.16 Å². The van der Waals surface area contributed by atoms with Gasteiger partial charge in [0, 0.05) is 11.6 Å². The second kappa shape index (κ2) is 5.34. The van der Waals surface area contributed by atoms with E-state index < -0.39 is 0 Å². The van der Waals surface area contributed by atoms with E-state index in [9.17, 15) is 9.90 Å². The highest BCUT2D eigenvalue weighted by molar-refractivity contribution is 7.99. The van der Waals surface area contributed by atoms with Crippen LogP contribution in [-0.4, -0.2) is 25.0 Å². The number of nitrogen functional groups attached to an aromatic ring is 1. The van der Waals surface area contributed by atoms with Crippen molar-refractivity contribution in [1.82, 2.24) is 19.9 Å². The molecule has 0 amide bonds. The Morgan fingerprint density at radius 2 is 2.28 bits per heavy atom. The summed E-state index contributed by atoms with van der Waals surface area (Å²) in [5.74, 6) is 0.104. The van der Waals surface area contributed by atoms with E-state index in [1.807, 2.05) is 0 Å². The minimum absolute atomic E-state index is 0.104. The van der Waals surface area contributed by atoms with Crippen LogP contribution in [0, 0.1) is 0 Å². The number of nitrogens with zero attached hydrogens (tertiary/aromatic N) is 3. The van der Waals surface area contributed by atoms with Crippen LogP contribution in [0.4, 0.5) is 5.82 Å². The zero-order valence-electron chi connectivity index (χ0n) is 8.92. The highest BCUT2D eigenvalue weighted by atomic mass is 35.5. The molecule has 94 valence electrons. The van der Waals surface area contributed by atoms with Gasteiger partial charge in [-0.2, -0.15) is 0 Å². The molecule has 2 rings (SSSR count). The molecule has 0 aliphatic heterocycles. The van der Waals surface area contributed by atoms with Crippen molar-refractivity contribution in [2.45, 2.75) is 16.8 Å². The number of nitrogens with one attached hydrogen (secondary N) is 1. The van der Waals surface area contributed by atoms with Crippen LogP contribution in [0.25, 0.3) is 0 Å². The highest BCUT2D eigenvalue weighted by Crippen LogP contribution is 2.28. The first kappa shape index (κ1) is 12.8. The Morgan fingerprint density at radius 3 is 2.94 bits per heavy atom. The topological polar surface area (TPSA) is 118 Å². The van der Waals surface area contributed by atoms with Gasteiger partial charge in [-0.15, -0.1) is 0 Å². The normalized spacial score (nSPS) is 10.6. The van der Waals surface area contributed by atoms with E-state index in [1.54, 1.807) is 0 Å². The fraction of sp³-hybridized carbons (Fsp3) is 0.111. The molecule has 9 heteroatoms. The van der Waals surface area contributed by atoms with Crippen LogP contribution in [0.2, 0.25) is 5.15 Å². The molecule has 2 aromatic heterocycles. The van der Waals surface area contributed by atoms with Crippen molar-refractivity contribution in [3.05, 3.63) is 33.5 Å². The molecule has 0 spiro atoms. The molecule has 0 saturated carbocycles. The molecule has 0 aliphatic carbocycles. The van der Waals surface area contributed by atoms with Gasteiger partial charge in [-0.3, -0.25) is 4.79 Å². The predicted molar refractivity (Wildman–Crippen MR) is 66.4 cm³/mol. The molecule has 7 nitrogen and oxygen atoms in total. The van der Waals surface area contributed by atoms with Crippen molar-refractivity contribution in [3.63, 3.8) is 0 Å². The third-order valence-corrected chi connectivity index (χ3v) is 3.20. The first-order valence-electron chi connectivity index (χ1n) is 4.75. The van der Waals surface area contributed by atoms with Crippen molar-refractivity contribution >= 4 is 29.2 Å². The number of aromatic amines is 1. The summed E-state index contributed by atoms with van der Waals surface area (Å²) in [6.07, 6.45) is 1.26. The van der Waals surface area contributed by atoms with Gasteiger partial charge < -0.3 is 15.8 Å². The number of aliphatic hydroxyl groups excluding tert-OH is 1. The Morgan fingerprint density at radius 1 is 1.50 bits per heavy atom. The first-order chi connectivity index (χ1) is 8.60. The third-order valence-electron chi connectivity index (χ3n) is 1.94. The summed E-state index contributed by atoms with van der Waals surface area (Å²) in [7, 11) is 0. The van der Waals surface area contributed by atoms with Gasteiger partial charge in [-0.25, -0.2) is 15.0 Å². The maximum absolute atomic E-state index is 11.2. The molecule has 4 N–H and O–H groups in total. The summed E-state index contributed by atoms with van der Waals surface area (Å²) in [5.41, 5.74) is 5.47. The van der Waals surface area contributed by atoms with Crippen molar-refractivity contribution in [1.29, 1.82) is 0 Å². The van der Waals surface area contributed by atoms with E-state index >= 15 is 0 Å². The highest BCUT2D eigenvalue weighted by Gasteiger charge is 2.12. The van der Waals surface area contributed by atoms with E-state index in [0.29, 0.717) is 10.6 Å². The number of rotatable bonds is 3. The second-order valence-corrected chi connectivity index (χ2v) is 4.52. The lowest BCUT2D eigenvalue weighted by atomic mass is 10.4. The van der Waals surface area contributed by atoms with E-state index in [2.05, 4.69) is 19.9 Å².